The number of hydrogen-bond acceptors (Lipinski definition) is 7. The Morgan fingerprint density at radius 3 is 2.73 bits per heavy atom. The predicted octanol–water partition coefficient (Wildman–Crippen LogP) is 4.62. The van der Waals surface area contributed by atoms with Crippen LogP contribution in [0.2, 0.25) is 0 Å². The van der Waals surface area contributed by atoms with Crippen molar-refractivity contribution in [2.45, 2.75) is 24.7 Å². The summed E-state index contributed by atoms with van der Waals surface area (Å²) in [7, 11) is -4.07. The van der Waals surface area contributed by atoms with E-state index in [9.17, 15) is 17.6 Å². The monoisotopic (exact) mass is 486 g/mol. The first-order valence-electron chi connectivity index (χ1n) is 9.86. The van der Waals surface area contributed by atoms with Crippen molar-refractivity contribution in [2.24, 2.45) is 0 Å². The molecular weight excluding hydrogens is 467 g/mol. The number of amides is 1. The molecule has 0 saturated heterocycles. The fourth-order valence-corrected chi connectivity index (χ4v) is 5.01. The smallest absolute Gasteiger partial charge is 0.262 e. The molecule has 0 spiro atoms. The van der Waals surface area contributed by atoms with E-state index < -0.39 is 15.8 Å². The van der Waals surface area contributed by atoms with Gasteiger partial charge in [-0.25, -0.2) is 12.8 Å². The number of carbonyl (C=O) groups excluding carboxylic acids is 1. The summed E-state index contributed by atoms with van der Waals surface area (Å²) in [5, 5.41) is 8.47. The van der Waals surface area contributed by atoms with E-state index in [1.807, 2.05) is 17.5 Å². The second kappa shape index (κ2) is 9.51. The normalized spacial score (nSPS) is 11.3. The molecule has 11 heteroatoms. The van der Waals surface area contributed by atoms with Crippen molar-refractivity contribution in [3.63, 3.8) is 0 Å². The molecule has 4 aromatic rings. The van der Waals surface area contributed by atoms with Crippen molar-refractivity contribution < 1.29 is 22.1 Å². The second-order valence-corrected chi connectivity index (χ2v) is 9.70. The molecule has 0 aliphatic rings. The summed E-state index contributed by atoms with van der Waals surface area (Å²) in [6.45, 7) is 1.61. The van der Waals surface area contributed by atoms with Crippen LogP contribution in [0.5, 0.6) is 0 Å². The van der Waals surface area contributed by atoms with E-state index in [1.54, 1.807) is 19.1 Å². The van der Waals surface area contributed by atoms with Gasteiger partial charge >= 0.3 is 0 Å². The molecular formula is C22H19FN4O4S2. The number of carbonyl (C=O) groups is 1. The number of sulfonamides is 1. The summed E-state index contributed by atoms with van der Waals surface area (Å²) in [6, 6.07) is 13.7. The number of aryl methyl sites for hydroxylation is 2. The standard InChI is InChI=1S/C22H19FN4O4S2/c1-14-8-9-15(13-19(14)33(29,30)27-17-6-3-2-5-16(17)23)24-20(28)10-11-21-25-22(26-31-21)18-7-4-12-32-18/h2-9,12-13,27H,10-11H2,1H3,(H,24,28). The number of thiophene rings is 1. The predicted molar refractivity (Wildman–Crippen MR) is 123 cm³/mol. The maximum absolute atomic E-state index is 13.9. The highest BCUT2D eigenvalue weighted by molar-refractivity contribution is 7.92. The maximum atomic E-state index is 13.9. The molecule has 0 fully saturated rings. The molecule has 0 aliphatic heterocycles. The Morgan fingerprint density at radius 2 is 1.97 bits per heavy atom. The number of para-hydroxylation sites is 1. The van der Waals surface area contributed by atoms with Crippen LogP contribution in [0.4, 0.5) is 15.8 Å². The lowest BCUT2D eigenvalue weighted by atomic mass is 10.2. The van der Waals surface area contributed by atoms with Gasteiger partial charge in [-0.2, -0.15) is 4.98 Å². The van der Waals surface area contributed by atoms with Crippen LogP contribution in [0, 0.1) is 12.7 Å². The van der Waals surface area contributed by atoms with Gasteiger partial charge in [-0.05, 0) is 48.2 Å². The first-order valence-corrected chi connectivity index (χ1v) is 12.2. The molecule has 2 aromatic carbocycles. The summed E-state index contributed by atoms with van der Waals surface area (Å²) < 4.78 is 46.9. The van der Waals surface area contributed by atoms with Crippen molar-refractivity contribution in [2.75, 3.05) is 10.0 Å². The van der Waals surface area contributed by atoms with E-state index in [2.05, 4.69) is 20.2 Å². The van der Waals surface area contributed by atoms with Crippen molar-refractivity contribution in [3.8, 4) is 10.7 Å². The van der Waals surface area contributed by atoms with Gasteiger partial charge in [0.05, 0.1) is 15.5 Å². The van der Waals surface area contributed by atoms with Gasteiger partial charge in [0.1, 0.15) is 5.82 Å². The lowest BCUT2D eigenvalue weighted by Crippen LogP contribution is -2.17. The molecule has 0 atom stereocenters. The summed E-state index contributed by atoms with van der Waals surface area (Å²) in [6.07, 6.45) is 0.297. The van der Waals surface area contributed by atoms with Crippen LogP contribution >= 0.6 is 11.3 Å². The molecule has 2 aromatic heterocycles. The molecule has 1 amide bonds. The van der Waals surface area contributed by atoms with Gasteiger partial charge in [-0.3, -0.25) is 9.52 Å². The molecule has 2 heterocycles. The van der Waals surface area contributed by atoms with E-state index in [0.717, 1.165) is 10.9 Å². The molecule has 33 heavy (non-hydrogen) atoms. The highest BCUT2D eigenvalue weighted by Gasteiger charge is 2.20. The van der Waals surface area contributed by atoms with E-state index in [0.29, 0.717) is 23.0 Å². The molecule has 2 N–H and O–H groups in total. The number of benzene rings is 2. The molecule has 0 unspecified atom stereocenters. The fraction of sp³-hybridized carbons (Fsp3) is 0.136. The molecule has 4 rings (SSSR count). The molecule has 8 nitrogen and oxygen atoms in total. The van der Waals surface area contributed by atoms with Crippen LogP contribution in [0.1, 0.15) is 17.9 Å². The van der Waals surface area contributed by atoms with Gasteiger partial charge in [0.2, 0.25) is 17.6 Å². The van der Waals surface area contributed by atoms with Crippen LogP contribution in [-0.2, 0) is 21.2 Å². The van der Waals surface area contributed by atoms with Crippen LogP contribution in [0.15, 0.2) is 69.4 Å². The SMILES string of the molecule is Cc1ccc(NC(=O)CCc2nc(-c3cccs3)no2)cc1S(=O)(=O)Nc1ccccc1F. The zero-order chi connectivity index (χ0) is 23.4. The average molecular weight is 487 g/mol. The lowest BCUT2D eigenvalue weighted by molar-refractivity contribution is -0.116. The molecule has 0 radical (unpaired) electrons. The van der Waals surface area contributed by atoms with E-state index >= 15 is 0 Å². The van der Waals surface area contributed by atoms with Gasteiger partial charge < -0.3 is 9.84 Å². The molecule has 0 saturated carbocycles. The minimum absolute atomic E-state index is 0.0650. The Kier molecular flexibility index (Phi) is 6.52. The Labute approximate surface area is 193 Å². The summed E-state index contributed by atoms with van der Waals surface area (Å²) in [5.74, 6) is -0.238. The van der Waals surface area contributed by atoms with Crippen LogP contribution in [0.3, 0.4) is 0 Å². The average Bonchev–Trinajstić information content (AvgIpc) is 3.47. The minimum Gasteiger partial charge on any atom is -0.339 e. The Hall–Kier alpha value is -3.57. The van der Waals surface area contributed by atoms with Gasteiger partial charge in [-0.15, -0.1) is 11.3 Å². The molecule has 170 valence electrons. The van der Waals surface area contributed by atoms with Crippen molar-refractivity contribution in [1.82, 2.24) is 10.1 Å². The summed E-state index contributed by atoms with van der Waals surface area (Å²) >= 11 is 1.48. The Bertz CT molecular complexity index is 1390. The van der Waals surface area contributed by atoms with E-state index in [-0.39, 0.29) is 29.3 Å². The summed E-state index contributed by atoms with van der Waals surface area (Å²) in [5.41, 5.74) is 0.584. The lowest BCUT2D eigenvalue weighted by Gasteiger charge is -2.13. The quantitative estimate of drug-likeness (QED) is 0.376. The van der Waals surface area contributed by atoms with Crippen molar-refractivity contribution in [3.05, 3.63) is 77.2 Å². The number of aromatic nitrogens is 2. The number of halogens is 1. The molecule has 0 bridgehead atoms. The van der Waals surface area contributed by atoms with Crippen LogP contribution in [-0.4, -0.2) is 24.5 Å². The van der Waals surface area contributed by atoms with Crippen LogP contribution in [0.25, 0.3) is 10.7 Å². The largest absolute Gasteiger partial charge is 0.339 e. The Morgan fingerprint density at radius 1 is 1.15 bits per heavy atom. The summed E-state index contributed by atoms with van der Waals surface area (Å²) in [4.78, 5) is 17.5. The fourth-order valence-electron chi connectivity index (χ4n) is 3.02. The third-order valence-corrected chi connectivity index (χ3v) is 7.03. The van der Waals surface area contributed by atoms with Gasteiger partial charge in [0, 0.05) is 18.5 Å². The number of nitrogens with zero attached hydrogens (tertiary/aromatic N) is 2. The van der Waals surface area contributed by atoms with Crippen LogP contribution < -0.4 is 10.0 Å². The highest BCUT2D eigenvalue weighted by atomic mass is 32.2. The third kappa shape index (κ3) is 5.44. The minimum atomic E-state index is -4.07. The zero-order valence-corrected chi connectivity index (χ0v) is 19.0. The number of rotatable bonds is 8. The van der Waals surface area contributed by atoms with E-state index in [4.69, 9.17) is 4.52 Å². The maximum Gasteiger partial charge on any atom is 0.262 e. The first-order chi connectivity index (χ1) is 15.8. The highest BCUT2D eigenvalue weighted by Crippen LogP contribution is 2.25. The third-order valence-electron chi connectivity index (χ3n) is 4.66. The van der Waals surface area contributed by atoms with Gasteiger partial charge in [-0.1, -0.05) is 29.4 Å². The van der Waals surface area contributed by atoms with Gasteiger partial charge in [0.15, 0.2) is 0 Å². The zero-order valence-electron chi connectivity index (χ0n) is 17.4. The van der Waals surface area contributed by atoms with Crippen molar-refractivity contribution in [1.29, 1.82) is 0 Å². The first kappa shape index (κ1) is 22.6. The molecule has 0 aliphatic carbocycles. The Balaban J connectivity index is 1.42. The number of nitrogens with one attached hydrogen (secondary N) is 2. The van der Waals surface area contributed by atoms with E-state index in [1.165, 1.54) is 35.6 Å². The van der Waals surface area contributed by atoms with Crippen molar-refractivity contribution >= 4 is 38.6 Å². The number of hydrogen-bond donors (Lipinski definition) is 2. The second-order valence-electron chi connectivity index (χ2n) is 7.10. The number of anilines is 2. The van der Waals surface area contributed by atoms with Gasteiger partial charge in [0.25, 0.3) is 10.0 Å². The topological polar surface area (TPSA) is 114 Å².